The van der Waals surface area contributed by atoms with Gasteiger partial charge in [-0.3, -0.25) is 4.79 Å². The molecular formula is C26H33ClO. The molecule has 4 aliphatic rings. The second-order valence-electron chi connectivity index (χ2n) is 10.6. The third-order valence-corrected chi connectivity index (χ3v) is 9.80. The van der Waals surface area contributed by atoms with Gasteiger partial charge in [0.05, 0.1) is 0 Å². The van der Waals surface area contributed by atoms with E-state index in [0.717, 1.165) is 46.8 Å². The number of ketones is 1. The molecule has 4 fully saturated rings. The number of carbonyl (C=O) groups is 1. The van der Waals surface area contributed by atoms with Crippen LogP contribution >= 0.6 is 11.6 Å². The lowest BCUT2D eigenvalue weighted by molar-refractivity contribution is -0.137. The highest BCUT2D eigenvalue weighted by Gasteiger charge is 2.60. The van der Waals surface area contributed by atoms with Gasteiger partial charge in [-0.1, -0.05) is 56.5 Å². The molecule has 150 valence electrons. The lowest BCUT2D eigenvalue weighted by atomic mass is 9.45. The normalized spacial score (nSPS) is 44.1. The van der Waals surface area contributed by atoms with E-state index < -0.39 is 0 Å². The summed E-state index contributed by atoms with van der Waals surface area (Å²) in [6, 6.07) is 7.91. The Balaban J connectivity index is 1.48. The van der Waals surface area contributed by atoms with Crippen molar-refractivity contribution < 1.29 is 4.79 Å². The number of hydrogen-bond acceptors (Lipinski definition) is 1. The van der Waals surface area contributed by atoms with Gasteiger partial charge in [0.2, 0.25) is 0 Å². The standard InChI is InChI=1S/C26H33ClO/c1-25-13-6-5-8-19(25)10-11-20-21(25)12-14-26(2)22(20)16-18(24(26)28)15-17-7-3-4-9-23(17)27/h3-4,7,9,15,19-22H,5-6,8,10-14,16H2,1-2H3/b18-15+/t19-,20+,21-,22+,25-,26+/m0/s1. The van der Waals surface area contributed by atoms with E-state index in [2.05, 4.69) is 19.9 Å². The summed E-state index contributed by atoms with van der Waals surface area (Å²) in [5, 5.41) is 0.746. The molecule has 0 unspecified atom stereocenters. The lowest BCUT2D eigenvalue weighted by Gasteiger charge is -2.59. The maximum Gasteiger partial charge on any atom is 0.165 e. The van der Waals surface area contributed by atoms with Gasteiger partial charge in [0.25, 0.3) is 0 Å². The quantitative estimate of drug-likeness (QED) is 0.454. The number of carbonyl (C=O) groups excluding carboxylic acids is 1. The minimum absolute atomic E-state index is 0.147. The molecule has 4 saturated carbocycles. The first-order chi connectivity index (χ1) is 13.4. The molecule has 28 heavy (non-hydrogen) atoms. The fourth-order valence-corrected chi connectivity index (χ4v) is 8.06. The minimum Gasteiger partial charge on any atom is -0.294 e. The van der Waals surface area contributed by atoms with Gasteiger partial charge in [0.15, 0.2) is 5.78 Å². The molecule has 0 heterocycles. The Morgan fingerprint density at radius 1 is 1.00 bits per heavy atom. The van der Waals surface area contributed by atoms with Crippen LogP contribution in [0.1, 0.15) is 77.2 Å². The SMILES string of the molecule is C[C@]12CCCC[C@H]1CC[C@H]1[C@H]3C/C(=C\c4ccccc4Cl)C(=O)[C@]3(C)CC[C@@H]12. The van der Waals surface area contributed by atoms with Crippen LogP contribution in [0.5, 0.6) is 0 Å². The van der Waals surface area contributed by atoms with Crippen molar-refractivity contribution >= 4 is 23.5 Å². The van der Waals surface area contributed by atoms with Crippen LogP contribution in [0.15, 0.2) is 29.8 Å². The zero-order valence-corrected chi connectivity index (χ0v) is 18.1. The van der Waals surface area contributed by atoms with E-state index in [1.165, 1.54) is 44.9 Å². The zero-order valence-electron chi connectivity index (χ0n) is 17.3. The van der Waals surface area contributed by atoms with Gasteiger partial charge >= 0.3 is 0 Å². The van der Waals surface area contributed by atoms with Crippen LogP contribution in [0.4, 0.5) is 0 Å². The largest absolute Gasteiger partial charge is 0.294 e. The van der Waals surface area contributed by atoms with Crippen molar-refractivity contribution in [3.8, 4) is 0 Å². The lowest BCUT2D eigenvalue weighted by Crippen LogP contribution is -2.52. The second kappa shape index (κ2) is 6.73. The maximum absolute atomic E-state index is 13.5. The van der Waals surface area contributed by atoms with E-state index in [4.69, 9.17) is 11.6 Å². The van der Waals surface area contributed by atoms with Crippen LogP contribution in [0.2, 0.25) is 5.02 Å². The van der Waals surface area contributed by atoms with Crippen molar-refractivity contribution in [3.63, 3.8) is 0 Å². The van der Waals surface area contributed by atoms with E-state index in [9.17, 15) is 4.79 Å². The van der Waals surface area contributed by atoms with Gasteiger partial charge in [-0.25, -0.2) is 0 Å². The molecule has 0 radical (unpaired) electrons. The molecule has 0 saturated heterocycles. The highest BCUT2D eigenvalue weighted by molar-refractivity contribution is 6.32. The van der Waals surface area contributed by atoms with Crippen LogP contribution < -0.4 is 0 Å². The van der Waals surface area contributed by atoms with Gasteiger partial charge in [-0.15, -0.1) is 0 Å². The van der Waals surface area contributed by atoms with Crippen molar-refractivity contribution in [1.82, 2.24) is 0 Å². The molecule has 0 spiro atoms. The first kappa shape index (κ1) is 18.9. The smallest absolute Gasteiger partial charge is 0.165 e. The molecule has 0 bridgehead atoms. The highest BCUT2D eigenvalue weighted by atomic mass is 35.5. The molecule has 0 aliphatic heterocycles. The Bertz CT molecular complexity index is 825. The van der Waals surface area contributed by atoms with Crippen LogP contribution in [-0.4, -0.2) is 5.78 Å². The fourth-order valence-electron chi connectivity index (χ4n) is 7.87. The average molecular weight is 397 g/mol. The number of rotatable bonds is 1. The van der Waals surface area contributed by atoms with Crippen LogP contribution in [0, 0.1) is 34.5 Å². The second-order valence-corrected chi connectivity index (χ2v) is 11.0. The van der Waals surface area contributed by atoms with Crippen molar-refractivity contribution in [1.29, 1.82) is 0 Å². The molecule has 1 aromatic rings. The summed E-state index contributed by atoms with van der Waals surface area (Å²) in [6.45, 7) is 4.88. The number of Topliss-reactive ketones (excluding diaryl/α,β-unsaturated/α-hetero) is 1. The summed E-state index contributed by atoms with van der Waals surface area (Å²) < 4.78 is 0. The van der Waals surface area contributed by atoms with Crippen molar-refractivity contribution in [2.24, 2.45) is 34.5 Å². The van der Waals surface area contributed by atoms with Crippen molar-refractivity contribution in [3.05, 3.63) is 40.4 Å². The predicted octanol–water partition coefficient (Wildman–Crippen LogP) is 7.34. The minimum atomic E-state index is -0.147. The molecule has 5 rings (SSSR count). The van der Waals surface area contributed by atoms with Crippen LogP contribution in [0.25, 0.3) is 6.08 Å². The van der Waals surface area contributed by atoms with E-state index in [1.807, 2.05) is 24.3 Å². The molecule has 4 aliphatic carbocycles. The first-order valence-electron chi connectivity index (χ1n) is 11.4. The Morgan fingerprint density at radius 2 is 1.82 bits per heavy atom. The average Bonchev–Trinajstić information content (AvgIpc) is 2.94. The predicted molar refractivity (Wildman–Crippen MR) is 116 cm³/mol. The van der Waals surface area contributed by atoms with Crippen LogP contribution in [-0.2, 0) is 4.79 Å². The maximum atomic E-state index is 13.5. The van der Waals surface area contributed by atoms with E-state index in [1.54, 1.807) is 0 Å². The summed E-state index contributed by atoms with van der Waals surface area (Å²) in [5.74, 6) is 3.44. The van der Waals surface area contributed by atoms with Gasteiger partial charge < -0.3 is 0 Å². The molecule has 0 N–H and O–H groups in total. The van der Waals surface area contributed by atoms with Gasteiger partial charge in [-0.05, 0) is 97.3 Å². The highest BCUT2D eigenvalue weighted by Crippen LogP contribution is 2.66. The monoisotopic (exact) mass is 396 g/mol. The fraction of sp³-hybridized carbons (Fsp3) is 0.654. The first-order valence-corrected chi connectivity index (χ1v) is 11.8. The number of allylic oxidation sites excluding steroid dienone is 1. The zero-order chi connectivity index (χ0) is 19.5. The van der Waals surface area contributed by atoms with Gasteiger partial charge in [0, 0.05) is 10.4 Å². The Hall–Kier alpha value is -1.08. The van der Waals surface area contributed by atoms with Gasteiger partial charge in [-0.2, -0.15) is 0 Å². The molecule has 6 atom stereocenters. The number of hydrogen-bond donors (Lipinski definition) is 0. The van der Waals surface area contributed by atoms with Gasteiger partial charge in [0.1, 0.15) is 0 Å². The number of halogens is 1. The molecule has 0 aromatic heterocycles. The number of benzene rings is 1. The molecule has 0 amide bonds. The Morgan fingerprint density at radius 3 is 2.64 bits per heavy atom. The molecule has 1 aromatic carbocycles. The van der Waals surface area contributed by atoms with Crippen molar-refractivity contribution in [2.75, 3.05) is 0 Å². The summed E-state index contributed by atoms with van der Waals surface area (Å²) in [4.78, 5) is 13.5. The summed E-state index contributed by atoms with van der Waals surface area (Å²) >= 11 is 6.39. The van der Waals surface area contributed by atoms with E-state index in [-0.39, 0.29) is 5.41 Å². The Kier molecular flexibility index (Phi) is 4.54. The molecular weight excluding hydrogens is 364 g/mol. The Labute approximate surface area is 174 Å². The van der Waals surface area contributed by atoms with Crippen molar-refractivity contribution in [2.45, 2.75) is 71.6 Å². The van der Waals surface area contributed by atoms with Crippen LogP contribution in [0.3, 0.4) is 0 Å². The summed E-state index contributed by atoms with van der Waals surface area (Å²) in [6.07, 6.45) is 13.8. The topological polar surface area (TPSA) is 17.1 Å². The third-order valence-electron chi connectivity index (χ3n) is 9.46. The molecule has 2 heteroatoms. The molecule has 1 nitrogen and oxygen atoms in total. The van der Waals surface area contributed by atoms with E-state index in [0.29, 0.717) is 17.1 Å². The third kappa shape index (κ3) is 2.68. The van der Waals surface area contributed by atoms with E-state index >= 15 is 0 Å². The summed E-state index contributed by atoms with van der Waals surface area (Å²) in [7, 11) is 0. The number of fused-ring (bicyclic) bond motifs is 5. The summed E-state index contributed by atoms with van der Waals surface area (Å²) in [5.41, 5.74) is 2.40.